The van der Waals surface area contributed by atoms with E-state index in [9.17, 15) is 18.4 Å². The smallest absolute Gasteiger partial charge is 0.419 e. The van der Waals surface area contributed by atoms with Gasteiger partial charge in [-0.15, -0.1) is 0 Å². The molecule has 0 radical (unpaired) electrons. The highest BCUT2D eigenvalue weighted by Gasteiger charge is 2.20. The summed E-state index contributed by atoms with van der Waals surface area (Å²) in [7, 11) is 0. The summed E-state index contributed by atoms with van der Waals surface area (Å²) in [6, 6.07) is 18.9. The highest BCUT2D eigenvalue weighted by molar-refractivity contribution is 5.77. The number of carboxylic acids is 1. The van der Waals surface area contributed by atoms with Gasteiger partial charge >= 0.3 is 11.7 Å². The molecule has 0 aliphatic rings. The van der Waals surface area contributed by atoms with E-state index >= 15 is 0 Å². The average Bonchev–Trinajstić information content (AvgIpc) is 3.19. The number of oxazole rings is 1. The Kier molecular flexibility index (Phi) is 7.95. The zero-order chi connectivity index (χ0) is 25.5. The molecule has 36 heavy (non-hydrogen) atoms. The van der Waals surface area contributed by atoms with Crippen molar-refractivity contribution in [1.82, 2.24) is 4.57 Å². The minimum Gasteiger partial charge on any atom is -0.494 e. The van der Waals surface area contributed by atoms with E-state index in [0.717, 1.165) is 5.56 Å². The first-order chi connectivity index (χ1) is 17.4. The van der Waals surface area contributed by atoms with Gasteiger partial charge in [-0.25, -0.2) is 13.6 Å². The molecule has 0 bridgehead atoms. The predicted molar refractivity (Wildman–Crippen MR) is 131 cm³/mol. The number of nitrogens with zero attached hydrogens (tertiary/aromatic N) is 1. The van der Waals surface area contributed by atoms with Gasteiger partial charge in [0, 0.05) is 24.1 Å². The Morgan fingerprint density at radius 1 is 0.917 bits per heavy atom. The van der Waals surface area contributed by atoms with Crippen LogP contribution in [0.15, 0.2) is 82.0 Å². The maximum atomic E-state index is 13.6. The number of aryl methyl sites for hydroxylation is 1. The first kappa shape index (κ1) is 24.9. The Morgan fingerprint density at radius 3 is 2.25 bits per heavy atom. The number of aliphatic carboxylic acids is 1. The van der Waals surface area contributed by atoms with Crippen LogP contribution >= 0.6 is 0 Å². The number of hydrogen-bond donors (Lipinski definition) is 1. The molecule has 0 atom stereocenters. The first-order valence-electron chi connectivity index (χ1n) is 11.6. The molecule has 1 aromatic heterocycles. The summed E-state index contributed by atoms with van der Waals surface area (Å²) in [6.45, 7) is 0.660. The molecule has 0 aliphatic heterocycles. The molecule has 1 heterocycles. The molecule has 0 saturated heterocycles. The van der Waals surface area contributed by atoms with E-state index in [1.165, 1.54) is 41.0 Å². The van der Waals surface area contributed by atoms with Gasteiger partial charge in [-0.2, -0.15) is 0 Å². The highest BCUT2D eigenvalue weighted by atomic mass is 19.1. The van der Waals surface area contributed by atoms with Crippen LogP contribution < -0.4 is 10.5 Å². The molecular formula is C28H25F2NO5. The molecule has 0 amide bonds. The maximum Gasteiger partial charge on any atom is 0.419 e. The van der Waals surface area contributed by atoms with Crippen LogP contribution in [0.1, 0.15) is 24.8 Å². The van der Waals surface area contributed by atoms with E-state index in [1.807, 2.05) is 24.3 Å². The van der Waals surface area contributed by atoms with Gasteiger partial charge in [0.05, 0.1) is 12.3 Å². The summed E-state index contributed by atoms with van der Waals surface area (Å²) in [5, 5.41) is 8.73. The average molecular weight is 494 g/mol. The van der Waals surface area contributed by atoms with Crippen LogP contribution in [0.5, 0.6) is 5.75 Å². The predicted octanol–water partition coefficient (Wildman–Crippen LogP) is 5.93. The second-order valence-corrected chi connectivity index (χ2v) is 8.31. The van der Waals surface area contributed by atoms with Crippen molar-refractivity contribution in [3.63, 3.8) is 0 Å². The fraction of sp³-hybridized carbons (Fsp3) is 0.214. The van der Waals surface area contributed by atoms with E-state index in [-0.39, 0.29) is 6.42 Å². The van der Waals surface area contributed by atoms with Crippen molar-refractivity contribution in [1.29, 1.82) is 0 Å². The molecule has 4 aromatic rings. The number of aromatic nitrogens is 1. The lowest BCUT2D eigenvalue weighted by Crippen LogP contribution is -2.16. The Hall–Kier alpha value is -4.20. The van der Waals surface area contributed by atoms with Gasteiger partial charge in [-0.05, 0) is 85.5 Å². The van der Waals surface area contributed by atoms with E-state index in [4.69, 9.17) is 14.3 Å². The summed E-state index contributed by atoms with van der Waals surface area (Å²) in [4.78, 5) is 23.4. The quantitative estimate of drug-likeness (QED) is 0.262. The number of carbonyl (C=O) groups is 1. The number of ether oxygens (including phenoxy) is 1. The fourth-order valence-electron chi connectivity index (χ4n) is 3.94. The second kappa shape index (κ2) is 11.5. The van der Waals surface area contributed by atoms with Crippen LogP contribution in [0.25, 0.3) is 22.6 Å². The van der Waals surface area contributed by atoms with E-state index in [2.05, 4.69) is 0 Å². The molecule has 0 saturated carbocycles. The van der Waals surface area contributed by atoms with Gasteiger partial charge < -0.3 is 14.3 Å². The molecule has 0 unspecified atom stereocenters. The molecule has 6 nitrogen and oxygen atoms in total. The van der Waals surface area contributed by atoms with Gasteiger partial charge in [0.1, 0.15) is 17.4 Å². The Labute approximate surface area is 206 Å². The van der Waals surface area contributed by atoms with Crippen molar-refractivity contribution in [2.45, 2.75) is 32.2 Å². The minimum atomic E-state index is -0.857. The third kappa shape index (κ3) is 6.27. The SMILES string of the molecule is O=C(O)CCCOc1cccc(CCCn2c(-c3ccc(F)cc3)c(-c3ccc(F)cc3)oc2=O)c1. The molecule has 186 valence electrons. The third-order valence-electron chi connectivity index (χ3n) is 5.67. The van der Waals surface area contributed by atoms with Gasteiger partial charge in [0.2, 0.25) is 0 Å². The van der Waals surface area contributed by atoms with Crippen molar-refractivity contribution >= 4 is 5.97 Å². The minimum absolute atomic E-state index is 0.0510. The standard InChI is InChI=1S/C28H25F2NO5/c29-22-12-8-20(9-13-22)26-27(21-10-14-23(30)15-11-21)36-28(34)31(26)16-2-5-19-4-1-6-24(18-19)35-17-3-7-25(32)33/h1,4,6,8-15,18H,2-3,5,7,16-17H2,(H,32,33). The lowest BCUT2D eigenvalue weighted by molar-refractivity contribution is -0.137. The van der Waals surface area contributed by atoms with E-state index in [1.54, 1.807) is 12.1 Å². The zero-order valence-corrected chi connectivity index (χ0v) is 19.5. The van der Waals surface area contributed by atoms with Crippen LogP contribution in [-0.4, -0.2) is 22.2 Å². The summed E-state index contributed by atoms with van der Waals surface area (Å²) in [5.41, 5.74) is 2.66. The summed E-state index contributed by atoms with van der Waals surface area (Å²) in [6.07, 6.45) is 1.73. The van der Waals surface area contributed by atoms with Gasteiger partial charge in [0.15, 0.2) is 5.76 Å². The molecule has 1 N–H and O–H groups in total. The molecule has 4 rings (SSSR count). The number of carboxylic acid groups (broad SMARTS) is 1. The van der Waals surface area contributed by atoms with Crippen LogP contribution in [-0.2, 0) is 17.8 Å². The van der Waals surface area contributed by atoms with Crippen LogP contribution in [0, 0.1) is 11.6 Å². The van der Waals surface area contributed by atoms with Crippen molar-refractivity contribution in [2.24, 2.45) is 0 Å². The van der Waals surface area contributed by atoms with Crippen LogP contribution in [0.4, 0.5) is 8.78 Å². The number of halogens is 2. The Morgan fingerprint density at radius 2 is 1.58 bits per heavy atom. The van der Waals surface area contributed by atoms with Crippen molar-refractivity contribution < 1.29 is 27.8 Å². The monoisotopic (exact) mass is 493 g/mol. The third-order valence-corrected chi connectivity index (χ3v) is 5.67. The Bertz CT molecular complexity index is 1370. The number of rotatable bonds is 11. The molecule has 8 heteroatoms. The summed E-state index contributed by atoms with van der Waals surface area (Å²) >= 11 is 0. The number of benzene rings is 3. The topological polar surface area (TPSA) is 81.7 Å². The fourth-order valence-corrected chi connectivity index (χ4v) is 3.94. The van der Waals surface area contributed by atoms with Crippen LogP contribution in [0.3, 0.4) is 0 Å². The summed E-state index contributed by atoms with van der Waals surface area (Å²) in [5.74, 6) is -1.26. The van der Waals surface area contributed by atoms with Gasteiger partial charge in [-0.3, -0.25) is 9.36 Å². The van der Waals surface area contributed by atoms with Gasteiger partial charge in [0.25, 0.3) is 0 Å². The van der Waals surface area contributed by atoms with Crippen molar-refractivity contribution in [3.05, 3.63) is 101 Å². The Balaban J connectivity index is 1.52. The largest absolute Gasteiger partial charge is 0.494 e. The summed E-state index contributed by atoms with van der Waals surface area (Å²) < 4.78 is 39.7. The van der Waals surface area contributed by atoms with Crippen molar-refractivity contribution in [3.8, 4) is 28.3 Å². The number of hydrogen-bond acceptors (Lipinski definition) is 4. The zero-order valence-electron chi connectivity index (χ0n) is 19.5. The lowest BCUT2D eigenvalue weighted by atomic mass is 10.0. The van der Waals surface area contributed by atoms with E-state index < -0.39 is 23.4 Å². The van der Waals surface area contributed by atoms with Crippen LogP contribution in [0.2, 0.25) is 0 Å². The molecule has 0 spiro atoms. The maximum absolute atomic E-state index is 13.6. The molecule has 3 aromatic carbocycles. The molecule has 0 fully saturated rings. The van der Waals surface area contributed by atoms with Crippen molar-refractivity contribution in [2.75, 3.05) is 6.61 Å². The normalized spacial score (nSPS) is 10.9. The van der Waals surface area contributed by atoms with E-state index in [0.29, 0.717) is 60.7 Å². The molecule has 0 aliphatic carbocycles. The van der Waals surface area contributed by atoms with Gasteiger partial charge in [-0.1, -0.05) is 12.1 Å². The first-order valence-corrected chi connectivity index (χ1v) is 11.6. The molecular weight excluding hydrogens is 468 g/mol. The highest BCUT2D eigenvalue weighted by Crippen LogP contribution is 2.32. The second-order valence-electron chi connectivity index (χ2n) is 8.31. The lowest BCUT2D eigenvalue weighted by Gasteiger charge is -2.10.